The number of halogens is 3. The Morgan fingerprint density at radius 2 is 1.69 bits per heavy atom. The number of benzene rings is 2. The molecule has 0 unspecified atom stereocenters. The fourth-order valence-corrected chi connectivity index (χ4v) is 3.69. The Kier molecular flexibility index (Phi) is 7.95. The van der Waals surface area contributed by atoms with Crippen molar-refractivity contribution in [2.75, 3.05) is 12.9 Å². The minimum Gasteiger partial charge on any atom is -0.467 e. The van der Waals surface area contributed by atoms with E-state index in [1.54, 1.807) is 30.3 Å². The highest BCUT2D eigenvalue weighted by Gasteiger charge is 2.30. The van der Waals surface area contributed by atoms with Crippen molar-refractivity contribution < 1.29 is 31.7 Å². The van der Waals surface area contributed by atoms with Gasteiger partial charge in [0.05, 0.1) is 29.9 Å². The molecular formula is C20H20F3NO4S. The monoisotopic (exact) mass is 427 g/mol. The molecule has 0 bridgehead atoms. The Bertz CT molecular complexity index is 854. The second-order valence-electron chi connectivity index (χ2n) is 6.17. The maximum absolute atomic E-state index is 12.6. The third kappa shape index (κ3) is 7.01. The van der Waals surface area contributed by atoms with Crippen LogP contribution in [-0.2, 0) is 37.7 Å². The van der Waals surface area contributed by atoms with Gasteiger partial charge in [0.1, 0.15) is 6.04 Å². The minimum atomic E-state index is -4.45. The zero-order valence-corrected chi connectivity index (χ0v) is 16.4. The van der Waals surface area contributed by atoms with Crippen molar-refractivity contribution in [1.29, 1.82) is 0 Å². The van der Waals surface area contributed by atoms with Gasteiger partial charge in [0.2, 0.25) is 5.91 Å². The number of carbonyl (C=O) groups is 2. The van der Waals surface area contributed by atoms with Gasteiger partial charge in [0.15, 0.2) is 0 Å². The lowest BCUT2D eigenvalue weighted by molar-refractivity contribution is -0.145. The van der Waals surface area contributed by atoms with Gasteiger partial charge in [0, 0.05) is 10.6 Å². The van der Waals surface area contributed by atoms with Crippen molar-refractivity contribution in [2.45, 2.75) is 30.0 Å². The standard InChI is InChI=1S/C20H20F3NO4S/c1-28-19(26)17(11-12-29(27)16-5-3-2-4-6-16)24-18(25)13-14-7-9-15(10-8-14)20(21,22)23/h2-10,17H,11-13H2,1H3,(H,24,25)/t17-,29-/m0/s1. The highest BCUT2D eigenvalue weighted by atomic mass is 32.2. The third-order valence-corrected chi connectivity index (χ3v) is 5.47. The number of hydrogen-bond acceptors (Lipinski definition) is 4. The highest BCUT2D eigenvalue weighted by molar-refractivity contribution is 7.85. The molecule has 0 heterocycles. The molecule has 2 atom stereocenters. The maximum Gasteiger partial charge on any atom is 0.416 e. The van der Waals surface area contributed by atoms with E-state index in [1.807, 2.05) is 0 Å². The summed E-state index contributed by atoms with van der Waals surface area (Å²) in [4.78, 5) is 24.8. The molecule has 2 aromatic carbocycles. The van der Waals surface area contributed by atoms with E-state index < -0.39 is 40.5 Å². The average molecular weight is 427 g/mol. The first-order chi connectivity index (χ1) is 13.7. The van der Waals surface area contributed by atoms with E-state index in [-0.39, 0.29) is 18.6 Å². The van der Waals surface area contributed by atoms with Crippen LogP contribution in [0.2, 0.25) is 0 Å². The van der Waals surface area contributed by atoms with E-state index in [9.17, 15) is 27.0 Å². The van der Waals surface area contributed by atoms with Crippen LogP contribution in [0.4, 0.5) is 13.2 Å². The van der Waals surface area contributed by atoms with Crippen molar-refractivity contribution in [3.8, 4) is 0 Å². The lowest BCUT2D eigenvalue weighted by Crippen LogP contribution is -2.43. The number of alkyl halides is 3. The predicted molar refractivity (Wildman–Crippen MR) is 101 cm³/mol. The number of rotatable bonds is 8. The van der Waals surface area contributed by atoms with Crippen LogP contribution >= 0.6 is 0 Å². The molecule has 5 nitrogen and oxygen atoms in total. The first-order valence-electron chi connectivity index (χ1n) is 8.67. The molecule has 0 saturated carbocycles. The molecule has 0 saturated heterocycles. The van der Waals surface area contributed by atoms with Gasteiger partial charge >= 0.3 is 12.1 Å². The Hall–Kier alpha value is -2.68. The van der Waals surface area contributed by atoms with Crippen molar-refractivity contribution in [3.05, 3.63) is 65.7 Å². The van der Waals surface area contributed by atoms with Crippen LogP contribution in [0.15, 0.2) is 59.5 Å². The number of nitrogens with one attached hydrogen (secondary N) is 1. The molecule has 0 radical (unpaired) electrons. The van der Waals surface area contributed by atoms with E-state index in [2.05, 4.69) is 10.1 Å². The van der Waals surface area contributed by atoms with Crippen molar-refractivity contribution >= 4 is 22.7 Å². The van der Waals surface area contributed by atoms with Crippen molar-refractivity contribution in [3.63, 3.8) is 0 Å². The summed E-state index contributed by atoms with van der Waals surface area (Å²) in [6.45, 7) is 0. The summed E-state index contributed by atoms with van der Waals surface area (Å²) in [5.74, 6) is -1.11. The summed E-state index contributed by atoms with van der Waals surface area (Å²) >= 11 is 0. The molecular weight excluding hydrogens is 407 g/mol. The summed E-state index contributed by atoms with van der Waals surface area (Å²) in [6.07, 6.45) is -4.56. The van der Waals surface area contributed by atoms with Crippen LogP contribution in [0.25, 0.3) is 0 Å². The van der Waals surface area contributed by atoms with Crippen LogP contribution in [0.1, 0.15) is 17.5 Å². The second-order valence-corrected chi connectivity index (χ2v) is 7.74. The first-order valence-corrected chi connectivity index (χ1v) is 9.99. The molecule has 29 heavy (non-hydrogen) atoms. The fourth-order valence-electron chi connectivity index (χ4n) is 2.55. The SMILES string of the molecule is COC(=O)[C@H](CC[S@](=O)c1ccccc1)NC(=O)Cc1ccc(C(F)(F)F)cc1. The number of esters is 1. The molecule has 1 amide bonds. The van der Waals surface area contributed by atoms with E-state index in [4.69, 9.17) is 0 Å². The minimum absolute atomic E-state index is 0.0902. The molecule has 0 spiro atoms. The van der Waals surface area contributed by atoms with E-state index >= 15 is 0 Å². The lowest BCUT2D eigenvalue weighted by Gasteiger charge is -2.16. The van der Waals surface area contributed by atoms with E-state index in [0.29, 0.717) is 10.5 Å². The summed E-state index contributed by atoms with van der Waals surface area (Å²) in [7, 11) is -0.180. The molecule has 0 fully saturated rings. The van der Waals surface area contributed by atoms with Crippen molar-refractivity contribution in [2.24, 2.45) is 0 Å². The van der Waals surface area contributed by atoms with Gasteiger partial charge in [-0.05, 0) is 36.2 Å². The van der Waals surface area contributed by atoms with Crippen LogP contribution < -0.4 is 5.32 Å². The maximum atomic E-state index is 12.6. The zero-order chi connectivity index (χ0) is 21.4. The Morgan fingerprint density at radius 1 is 1.07 bits per heavy atom. The summed E-state index contributed by atoms with van der Waals surface area (Å²) in [5.41, 5.74) is -0.440. The van der Waals surface area contributed by atoms with Crippen LogP contribution in [0.3, 0.4) is 0 Å². The zero-order valence-electron chi connectivity index (χ0n) is 15.6. The largest absolute Gasteiger partial charge is 0.467 e. The highest BCUT2D eigenvalue weighted by Crippen LogP contribution is 2.29. The van der Waals surface area contributed by atoms with Crippen LogP contribution in [0, 0.1) is 0 Å². The van der Waals surface area contributed by atoms with Crippen molar-refractivity contribution in [1.82, 2.24) is 5.32 Å². The fraction of sp³-hybridized carbons (Fsp3) is 0.300. The molecule has 156 valence electrons. The molecule has 0 aromatic heterocycles. The summed E-state index contributed by atoms with van der Waals surface area (Å²) in [5, 5.41) is 2.50. The summed E-state index contributed by atoms with van der Waals surface area (Å²) < 4.78 is 54.8. The molecule has 2 rings (SSSR count). The van der Waals surface area contributed by atoms with E-state index in [1.165, 1.54) is 19.2 Å². The van der Waals surface area contributed by atoms with Gasteiger partial charge in [-0.2, -0.15) is 13.2 Å². The van der Waals surface area contributed by atoms with Gasteiger partial charge in [-0.1, -0.05) is 30.3 Å². The van der Waals surface area contributed by atoms with Crippen LogP contribution in [0.5, 0.6) is 0 Å². The normalized spacial score (nSPS) is 13.4. The topological polar surface area (TPSA) is 72.5 Å². The number of ether oxygens (including phenoxy) is 1. The molecule has 0 aliphatic heterocycles. The number of carbonyl (C=O) groups excluding carboxylic acids is 2. The Labute approximate surface area is 168 Å². The lowest BCUT2D eigenvalue weighted by atomic mass is 10.1. The van der Waals surface area contributed by atoms with Gasteiger partial charge in [0.25, 0.3) is 0 Å². The first kappa shape index (κ1) is 22.6. The molecule has 0 aliphatic carbocycles. The smallest absolute Gasteiger partial charge is 0.416 e. The van der Waals surface area contributed by atoms with Gasteiger partial charge in [-0.15, -0.1) is 0 Å². The molecule has 9 heteroatoms. The Balaban J connectivity index is 1.96. The molecule has 0 aliphatic rings. The van der Waals surface area contributed by atoms with Crippen LogP contribution in [-0.4, -0.2) is 35.0 Å². The number of hydrogen-bond donors (Lipinski definition) is 1. The Morgan fingerprint density at radius 3 is 2.24 bits per heavy atom. The molecule has 2 aromatic rings. The third-order valence-electron chi connectivity index (χ3n) is 4.06. The van der Waals surface area contributed by atoms with E-state index in [0.717, 1.165) is 12.1 Å². The second kappa shape index (κ2) is 10.2. The average Bonchev–Trinajstić information content (AvgIpc) is 2.70. The van der Waals surface area contributed by atoms with Gasteiger partial charge in [-0.3, -0.25) is 9.00 Å². The quantitative estimate of drug-likeness (QED) is 0.657. The number of amides is 1. The predicted octanol–water partition coefficient (Wildman–Crippen LogP) is 3.10. The van der Waals surface area contributed by atoms with Gasteiger partial charge < -0.3 is 10.1 Å². The van der Waals surface area contributed by atoms with Gasteiger partial charge in [-0.25, -0.2) is 4.79 Å². The molecule has 1 N–H and O–H groups in total. The summed E-state index contributed by atoms with van der Waals surface area (Å²) in [6, 6.07) is 11.9. The number of methoxy groups -OCH3 is 1.